The summed E-state index contributed by atoms with van der Waals surface area (Å²) >= 11 is 5.67. The summed E-state index contributed by atoms with van der Waals surface area (Å²) in [6.45, 7) is 0. The van der Waals surface area contributed by atoms with Gasteiger partial charge in [-0.25, -0.2) is 4.39 Å². The van der Waals surface area contributed by atoms with Crippen molar-refractivity contribution in [2.45, 2.75) is 6.42 Å². The molecule has 0 heterocycles. The minimum Gasteiger partial charge on any atom is -0.207 e. The average Bonchev–Trinajstić information content (AvgIpc) is 1.97. The molecule has 0 nitrogen and oxygen atoms in total. The first-order valence-corrected chi connectivity index (χ1v) is 3.50. The summed E-state index contributed by atoms with van der Waals surface area (Å²) in [7, 11) is 0. The number of rotatable bonds is 1. The lowest BCUT2D eigenvalue weighted by Gasteiger charge is -1.99. The number of benzene rings is 1. The highest BCUT2D eigenvalue weighted by molar-refractivity contribution is 6.31. The Labute approximate surface area is 70.0 Å². The summed E-state index contributed by atoms with van der Waals surface area (Å²) in [5, 5.41) is 0.392. The van der Waals surface area contributed by atoms with Gasteiger partial charge in [0.05, 0.1) is 0 Å². The van der Waals surface area contributed by atoms with Crippen LogP contribution in [-0.4, -0.2) is 0 Å². The van der Waals surface area contributed by atoms with Gasteiger partial charge in [-0.2, -0.15) is 0 Å². The first-order valence-electron chi connectivity index (χ1n) is 3.12. The van der Waals surface area contributed by atoms with Crippen molar-refractivity contribution in [3.63, 3.8) is 0 Å². The van der Waals surface area contributed by atoms with E-state index >= 15 is 0 Å². The molecule has 56 valence electrons. The molecule has 0 unspecified atom stereocenters. The maximum atomic E-state index is 12.9. The van der Waals surface area contributed by atoms with Crippen molar-refractivity contribution in [3.8, 4) is 12.3 Å². The molecule has 1 aromatic carbocycles. The zero-order valence-electron chi connectivity index (χ0n) is 5.77. The van der Waals surface area contributed by atoms with Crippen molar-refractivity contribution in [1.29, 1.82) is 0 Å². The Morgan fingerprint density at radius 1 is 1.55 bits per heavy atom. The molecule has 1 aromatic rings. The smallest absolute Gasteiger partial charge is 0.128 e. The molecule has 0 aliphatic heterocycles. The van der Waals surface area contributed by atoms with Crippen LogP contribution in [0.25, 0.3) is 0 Å². The Bertz CT molecular complexity index is 279. The van der Waals surface area contributed by atoms with E-state index in [9.17, 15) is 4.39 Å². The van der Waals surface area contributed by atoms with Crippen LogP contribution >= 0.6 is 11.6 Å². The quantitative estimate of drug-likeness (QED) is 0.566. The van der Waals surface area contributed by atoms with Crippen LogP contribution in [-0.2, 0) is 6.42 Å². The fourth-order valence-corrected chi connectivity index (χ4v) is 1.03. The second kappa shape index (κ2) is 3.41. The van der Waals surface area contributed by atoms with Gasteiger partial charge in [0.25, 0.3) is 0 Å². The number of hydrogen-bond donors (Lipinski definition) is 0. The van der Waals surface area contributed by atoms with Crippen molar-refractivity contribution in [3.05, 3.63) is 34.6 Å². The zero-order valence-corrected chi connectivity index (χ0v) is 6.53. The molecule has 0 saturated carbocycles. The van der Waals surface area contributed by atoms with Crippen LogP contribution in [0.15, 0.2) is 18.2 Å². The monoisotopic (exact) mass is 168 g/mol. The van der Waals surface area contributed by atoms with E-state index in [1.807, 2.05) is 0 Å². The summed E-state index contributed by atoms with van der Waals surface area (Å²) < 4.78 is 12.9. The van der Waals surface area contributed by atoms with Gasteiger partial charge in [0.1, 0.15) is 5.82 Å². The van der Waals surface area contributed by atoms with Gasteiger partial charge in [-0.15, -0.1) is 12.3 Å². The lowest BCUT2D eigenvalue weighted by Crippen LogP contribution is -1.88. The van der Waals surface area contributed by atoms with Crippen molar-refractivity contribution in [2.75, 3.05) is 0 Å². The second-order valence-electron chi connectivity index (χ2n) is 2.08. The van der Waals surface area contributed by atoms with Crippen molar-refractivity contribution < 1.29 is 4.39 Å². The summed E-state index contributed by atoms with van der Waals surface area (Å²) in [6, 6.07) is 4.52. The van der Waals surface area contributed by atoms with Crippen LogP contribution in [0.4, 0.5) is 4.39 Å². The maximum Gasteiger partial charge on any atom is 0.128 e. The molecule has 2 heteroatoms. The van der Waals surface area contributed by atoms with Crippen molar-refractivity contribution in [2.24, 2.45) is 0 Å². The Morgan fingerprint density at radius 3 is 2.82 bits per heavy atom. The summed E-state index contributed by atoms with van der Waals surface area (Å²) in [6.07, 6.45) is 5.26. The third kappa shape index (κ3) is 1.72. The van der Waals surface area contributed by atoms with Gasteiger partial charge in [0.15, 0.2) is 0 Å². The number of hydrogen-bond acceptors (Lipinski definition) is 0. The third-order valence-corrected chi connectivity index (χ3v) is 1.69. The second-order valence-corrected chi connectivity index (χ2v) is 2.49. The zero-order chi connectivity index (χ0) is 8.27. The van der Waals surface area contributed by atoms with Gasteiger partial charge in [-0.05, 0) is 12.1 Å². The number of halogens is 2. The van der Waals surface area contributed by atoms with E-state index in [-0.39, 0.29) is 12.2 Å². The molecule has 0 spiro atoms. The van der Waals surface area contributed by atoms with E-state index < -0.39 is 0 Å². The van der Waals surface area contributed by atoms with E-state index in [4.69, 9.17) is 18.0 Å². The van der Waals surface area contributed by atoms with E-state index in [1.54, 1.807) is 12.1 Å². The SMILES string of the molecule is C#CCc1c(F)cccc1Cl. The maximum absolute atomic E-state index is 12.9. The van der Waals surface area contributed by atoms with E-state index in [1.165, 1.54) is 6.07 Å². The summed E-state index contributed by atoms with van der Waals surface area (Å²) in [5.41, 5.74) is 0.400. The summed E-state index contributed by atoms with van der Waals surface area (Å²) in [4.78, 5) is 0. The molecule has 0 aliphatic rings. The molecule has 0 aromatic heterocycles. The Hall–Kier alpha value is -1.00. The first-order chi connectivity index (χ1) is 5.25. The van der Waals surface area contributed by atoms with Crippen LogP contribution in [0.1, 0.15) is 5.56 Å². The fourth-order valence-electron chi connectivity index (χ4n) is 0.803. The third-order valence-electron chi connectivity index (χ3n) is 1.34. The van der Waals surface area contributed by atoms with Gasteiger partial charge in [-0.3, -0.25) is 0 Å². The minimum absolute atomic E-state index is 0.242. The van der Waals surface area contributed by atoms with Gasteiger partial charge in [0.2, 0.25) is 0 Å². The van der Waals surface area contributed by atoms with Gasteiger partial charge < -0.3 is 0 Å². The van der Waals surface area contributed by atoms with Crippen molar-refractivity contribution >= 4 is 11.6 Å². The molecule has 0 amide bonds. The Balaban J connectivity index is 3.12. The van der Waals surface area contributed by atoms with E-state index in [0.717, 1.165) is 0 Å². The molecule has 0 atom stereocenters. The predicted molar refractivity (Wildman–Crippen MR) is 43.9 cm³/mol. The highest BCUT2D eigenvalue weighted by Gasteiger charge is 2.03. The van der Waals surface area contributed by atoms with Crippen molar-refractivity contribution in [1.82, 2.24) is 0 Å². The van der Waals surface area contributed by atoms with Gasteiger partial charge in [0, 0.05) is 17.0 Å². The first kappa shape index (κ1) is 8.10. The Morgan fingerprint density at radius 2 is 2.27 bits per heavy atom. The molecule has 0 bridgehead atoms. The van der Waals surface area contributed by atoms with Gasteiger partial charge >= 0.3 is 0 Å². The minimum atomic E-state index is -0.338. The molecule has 0 N–H and O–H groups in total. The standard InChI is InChI=1S/C9H6ClF/c1-2-4-7-8(10)5-3-6-9(7)11/h1,3,5-6H,4H2. The van der Waals surface area contributed by atoms with Crippen LogP contribution < -0.4 is 0 Å². The average molecular weight is 169 g/mol. The van der Waals surface area contributed by atoms with Gasteiger partial charge in [-0.1, -0.05) is 17.7 Å². The van der Waals surface area contributed by atoms with Crippen LogP contribution in [0.3, 0.4) is 0 Å². The fraction of sp³-hybridized carbons (Fsp3) is 0.111. The normalized spacial score (nSPS) is 9.18. The molecular weight excluding hydrogens is 163 g/mol. The van der Waals surface area contributed by atoms with E-state index in [0.29, 0.717) is 10.6 Å². The molecule has 11 heavy (non-hydrogen) atoms. The lowest BCUT2D eigenvalue weighted by molar-refractivity contribution is 0.615. The predicted octanol–water partition coefficient (Wildman–Crippen LogP) is 2.65. The van der Waals surface area contributed by atoms with Crippen LogP contribution in [0.2, 0.25) is 5.02 Å². The molecular formula is C9H6ClF. The molecule has 0 radical (unpaired) electrons. The number of terminal acetylenes is 1. The van der Waals surface area contributed by atoms with Crippen LogP contribution in [0.5, 0.6) is 0 Å². The van der Waals surface area contributed by atoms with Crippen LogP contribution in [0, 0.1) is 18.2 Å². The highest BCUT2D eigenvalue weighted by Crippen LogP contribution is 2.18. The largest absolute Gasteiger partial charge is 0.207 e. The topological polar surface area (TPSA) is 0 Å². The highest BCUT2D eigenvalue weighted by atomic mass is 35.5. The molecule has 0 saturated heterocycles. The summed E-state index contributed by atoms with van der Waals surface area (Å²) in [5.74, 6) is 2.00. The Kier molecular flexibility index (Phi) is 2.51. The molecule has 0 fully saturated rings. The van der Waals surface area contributed by atoms with E-state index in [2.05, 4.69) is 5.92 Å². The molecule has 1 rings (SSSR count). The molecule has 0 aliphatic carbocycles. The lowest BCUT2D eigenvalue weighted by atomic mass is 10.1.